The van der Waals surface area contributed by atoms with E-state index in [9.17, 15) is 9.90 Å². The number of aliphatic hydroxyl groups excluding tert-OH is 1. The van der Waals surface area contributed by atoms with Crippen molar-refractivity contribution in [2.24, 2.45) is 5.73 Å². The first-order valence-corrected chi connectivity index (χ1v) is 4.23. The molecule has 0 saturated carbocycles. The highest BCUT2D eigenvalue weighted by molar-refractivity contribution is 6.31. The molecule has 1 amide bonds. The number of alkyl halides is 1. The second kappa shape index (κ2) is 4.25. The highest BCUT2D eigenvalue weighted by atomic mass is 35.5. The third-order valence-electron chi connectivity index (χ3n) is 1.69. The van der Waals surface area contributed by atoms with E-state index in [1.807, 2.05) is 6.07 Å². The molecule has 0 bridgehead atoms. The lowest BCUT2D eigenvalue weighted by atomic mass is 10.1. The second-order valence-electron chi connectivity index (χ2n) is 2.66. The Balaban J connectivity index is 2.79. The third kappa shape index (κ3) is 2.44. The van der Waals surface area contributed by atoms with Gasteiger partial charge in [-0.05, 0) is 5.56 Å². The molecule has 2 atom stereocenters. The summed E-state index contributed by atoms with van der Waals surface area (Å²) in [6, 6.07) is 8.68. The van der Waals surface area contributed by atoms with Gasteiger partial charge in [0.15, 0.2) is 0 Å². The minimum absolute atomic E-state index is 0.585. The van der Waals surface area contributed by atoms with Gasteiger partial charge in [-0.15, -0.1) is 11.6 Å². The fraction of sp³-hybridized carbons (Fsp3) is 0.222. The molecule has 1 rings (SSSR count). The number of nitrogens with two attached hydrogens (primary N) is 1. The molecule has 0 spiro atoms. The molecule has 0 saturated heterocycles. The molecule has 3 N–H and O–H groups in total. The molecule has 0 aliphatic heterocycles. The van der Waals surface area contributed by atoms with Crippen LogP contribution in [0.15, 0.2) is 30.3 Å². The molecule has 4 heteroatoms. The molecule has 2 unspecified atom stereocenters. The Morgan fingerprint density at radius 1 is 1.38 bits per heavy atom. The summed E-state index contributed by atoms with van der Waals surface area (Å²) in [5, 5.41) is 8.45. The van der Waals surface area contributed by atoms with E-state index in [4.69, 9.17) is 17.3 Å². The topological polar surface area (TPSA) is 63.3 Å². The minimum atomic E-state index is -1.08. The summed E-state index contributed by atoms with van der Waals surface area (Å²) in [4.78, 5) is 10.6. The maximum atomic E-state index is 10.6. The van der Waals surface area contributed by atoms with E-state index in [1.54, 1.807) is 24.3 Å². The number of amides is 1. The van der Waals surface area contributed by atoms with E-state index < -0.39 is 17.4 Å². The van der Waals surface area contributed by atoms with E-state index in [0.29, 0.717) is 5.56 Å². The number of benzene rings is 1. The molecule has 0 heterocycles. The molecule has 0 aliphatic carbocycles. The summed E-state index contributed by atoms with van der Waals surface area (Å²) in [6.07, 6.45) is -1.04. The Kier molecular flexibility index (Phi) is 3.28. The number of halogens is 1. The molecule has 1 aromatic rings. The van der Waals surface area contributed by atoms with Gasteiger partial charge < -0.3 is 10.8 Å². The molecule has 1 aromatic carbocycles. The van der Waals surface area contributed by atoms with Crippen LogP contribution in [0.4, 0.5) is 0 Å². The van der Waals surface area contributed by atoms with Crippen molar-refractivity contribution >= 4 is 17.5 Å². The van der Waals surface area contributed by atoms with Gasteiger partial charge in [-0.1, -0.05) is 30.3 Å². The van der Waals surface area contributed by atoms with Crippen molar-refractivity contribution in [2.45, 2.75) is 11.5 Å². The predicted octanol–water partition coefficient (Wildman–Crippen LogP) is 0.813. The first kappa shape index (κ1) is 10.0. The zero-order chi connectivity index (χ0) is 9.84. The molecule has 0 aliphatic rings. The zero-order valence-electron chi connectivity index (χ0n) is 6.85. The average Bonchev–Trinajstić information content (AvgIpc) is 2.17. The molecule has 13 heavy (non-hydrogen) atoms. The lowest BCUT2D eigenvalue weighted by molar-refractivity contribution is -0.119. The first-order chi connectivity index (χ1) is 6.13. The maximum Gasteiger partial charge on any atom is 0.238 e. The fourth-order valence-electron chi connectivity index (χ4n) is 0.975. The SMILES string of the molecule is NC(=O)C(Cl)C(O)c1ccccc1. The quantitative estimate of drug-likeness (QED) is 0.708. The standard InChI is InChI=1S/C9H10ClNO2/c10-7(9(11)13)8(12)6-4-2-1-3-5-6/h1-5,7-8,12H,(H2,11,13). The number of aliphatic hydroxyl groups is 1. The van der Waals surface area contributed by atoms with Gasteiger partial charge in [0.1, 0.15) is 11.5 Å². The Morgan fingerprint density at radius 3 is 2.38 bits per heavy atom. The van der Waals surface area contributed by atoms with Crippen LogP contribution in [0.25, 0.3) is 0 Å². The van der Waals surface area contributed by atoms with Crippen molar-refractivity contribution in [1.29, 1.82) is 0 Å². The van der Waals surface area contributed by atoms with Gasteiger partial charge >= 0.3 is 0 Å². The van der Waals surface area contributed by atoms with Crippen molar-refractivity contribution < 1.29 is 9.90 Å². The van der Waals surface area contributed by atoms with Gasteiger partial charge in [0.2, 0.25) is 5.91 Å². The van der Waals surface area contributed by atoms with E-state index in [1.165, 1.54) is 0 Å². The highest BCUT2D eigenvalue weighted by Crippen LogP contribution is 2.20. The Labute approximate surface area is 81.1 Å². The summed E-state index contributed by atoms with van der Waals surface area (Å²) in [6.45, 7) is 0. The van der Waals surface area contributed by atoms with Gasteiger partial charge in [0, 0.05) is 0 Å². The van der Waals surface area contributed by atoms with Crippen LogP contribution in [0, 0.1) is 0 Å². The van der Waals surface area contributed by atoms with Crippen LogP contribution in [-0.2, 0) is 4.79 Å². The summed E-state index contributed by atoms with van der Waals surface area (Å²) in [7, 11) is 0. The van der Waals surface area contributed by atoms with Crippen LogP contribution in [0.3, 0.4) is 0 Å². The largest absolute Gasteiger partial charge is 0.386 e. The van der Waals surface area contributed by atoms with Gasteiger partial charge in [-0.25, -0.2) is 0 Å². The van der Waals surface area contributed by atoms with E-state index in [2.05, 4.69) is 0 Å². The van der Waals surface area contributed by atoms with Gasteiger partial charge in [-0.3, -0.25) is 4.79 Å². The van der Waals surface area contributed by atoms with Gasteiger partial charge in [-0.2, -0.15) is 0 Å². The number of carbonyl (C=O) groups is 1. The Morgan fingerprint density at radius 2 is 1.92 bits per heavy atom. The number of carbonyl (C=O) groups excluding carboxylic acids is 1. The summed E-state index contributed by atoms with van der Waals surface area (Å²) in [5.74, 6) is -0.724. The Hall–Kier alpha value is -1.06. The van der Waals surface area contributed by atoms with Crippen molar-refractivity contribution in [3.8, 4) is 0 Å². The van der Waals surface area contributed by atoms with Crippen LogP contribution in [0.5, 0.6) is 0 Å². The predicted molar refractivity (Wildman–Crippen MR) is 50.2 cm³/mol. The second-order valence-corrected chi connectivity index (χ2v) is 3.13. The van der Waals surface area contributed by atoms with Crippen LogP contribution >= 0.6 is 11.6 Å². The van der Waals surface area contributed by atoms with Crippen LogP contribution in [-0.4, -0.2) is 16.4 Å². The normalized spacial score (nSPS) is 14.9. The maximum absolute atomic E-state index is 10.6. The number of rotatable bonds is 3. The van der Waals surface area contributed by atoms with Crippen LogP contribution in [0.2, 0.25) is 0 Å². The zero-order valence-corrected chi connectivity index (χ0v) is 7.61. The third-order valence-corrected chi connectivity index (χ3v) is 2.14. The number of primary amides is 1. The van der Waals surface area contributed by atoms with E-state index in [0.717, 1.165) is 0 Å². The van der Waals surface area contributed by atoms with Gasteiger partial charge in [0.05, 0.1) is 0 Å². The fourth-order valence-corrected chi connectivity index (χ4v) is 1.12. The summed E-state index contributed by atoms with van der Waals surface area (Å²) in [5.41, 5.74) is 5.53. The molecule has 3 nitrogen and oxygen atoms in total. The van der Waals surface area contributed by atoms with Crippen LogP contribution in [0.1, 0.15) is 11.7 Å². The summed E-state index contributed by atoms with van der Waals surface area (Å²) >= 11 is 5.58. The highest BCUT2D eigenvalue weighted by Gasteiger charge is 2.22. The summed E-state index contributed by atoms with van der Waals surface area (Å²) < 4.78 is 0. The van der Waals surface area contributed by atoms with Crippen molar-refractivity contribution in [2.75, 3.05) is 0 Å². The molecular weight excluding hydrogens is 190 g/mol. The average molecular weight is 200 g/mol. The van der Waals surface area contributed by atoms with Crippen LogP contribution < -0.4 is 5.73 Å². The molecule has 70 valence electrons. The van der Waals surface area contributed by atoms with Gasteiger partial charge in [0.25, 0.3) is 0 Å². The molecule has 0 fully saturated rings. The van der Waals surface area contributed by atoms with Crippen molar-refractivity contribution in [1.82, 2.24) is 0 Å². The number of hydrogen-bond donors (Lipinski definition) is 2. The smallest absolute Gasteiger partial charge is 0.238 e. The van der Waals surface area contributed by atoms with Crippen molar-refractivity contribution in [3.63, 3.8) is 0 Å². The lowest BCUT2D eigenvalue weighted by Crippen LogP contribution is -2.29. The molecule has 0 radical (unpaired) electrons. The first-order valence-electron chi connectivity index (χ1n) is 3.79. The number of hydrogen-bond acceptors (Lipinski definition) is 2. The van der Waals surface area contributed by atoms with Crippen molar-refractivity contribution in [3.05, 3.63) is 35.9 Å². The van der Waals surface area contributed by atoms with E-state index in [-0.39, 0.29) is 0 Å². The minimum Gasteiger partial charge on any atom is -0.386 e. The molecular formula is C9H10ClNO2. The van der Waals surface area contributed by atoms with E-state index >= 15 is 0 Å². The lowest BCUT2D eigenvalue weighted by Gasteiger charge is -2.13. The molecule has 0 aromatic heterocycles. The monoisotopic (exact) mass is 199 g/mol. The Bertz CT molecular complexity index is 289.